The van der Waals surface area contributed by atoms with E-state index in [0.29, 0.717) is 16.9 Å². The Hall–Kier alpha value is -4.85. The van der Waals surface area contributed by atoms with Crippen LogP contribution < -0.4 is 10.6 Å². The Kier molecular flexibility index (Phi) is 6.72. The van der Waals surface area contributed by atoms with Gasteiger partial charge in [0, 0.05) is 29.3 Å². The molecule has 184 valence electrons. The highest BCUT2D eigenvalue weighted by Crippen LogP contribution is 2.23. The van der Waals surface area contributed by atoms with Crippen LogP contribution in [0.4, 0.5) is 0 Å². The van der Waals surface area contributed by atoms with Gasteiger partial charge in [-0.3, -0.25) is 14.6 Å². The summed E-state index contributed by atoms with van der Waals surface area (Å²) in [7, 11) is 1.58. The fourth-order valence-electron chi connectivity index (χ4n) is 4.17. The molecule has 5 rings (SSSR count). The van der Waals surface area contributed by atoms with Crippen LogP contribution in [-0.2, 0) is 4.79 Å². The lowest BCUT2D eigenvalue weighted by Gasteiger charge is -2.19. The van der Waals surface area contributed by atoms with Crippen LogP contribution in [0.2, 0.25) is 0 Å². The van der Waals surface area contributed by atoms with E-state index < -0.39 is 6.04 Å². The molecule has 5 aromatic rings. The summed E-state index contributed by atoms with van der Waals surface area (Å²) >= 11 is 0. The van der Waals surface area contributed by atoms with Crippen molar-refractivity contribution in [3.63, 3.8) is 0 Å². The number of aryl methyl sites for hydroxylation is 1. The van der Waals surface area contributed by atoms with Gasteiger partial charge in [-0.1, -0.05) is 53.7 Å². The van der Waals surface area contributed by atoms with E-state index in [2.05, 4.69) is 25.9 Å². The monoisotopic (exact) mass is 490 g/mol. The minimum atomic E-state index is -0.457. The van der Waals surface area contributed by atoms with Gasteiger partial charge in [0.25, 0.3) is 5.91 Å². The Morgan fingerprint density at radius 2 is 1.78 bits per heavy atom. The average molecular weight is 491 g/mol. The third-order valence-corrected chi connectivity index (χ3v) is 6.17. The first-order valence-electron chi connectivity index (χ1n) is 12.0. The molecule has 8 nitrogen and oxygen atoms in total. The maximum Gasteiger partial charge on any atom is 0.251 e. The predicted octanol–water partition coefficient (Wildman–Crippen LogP) is 4.40. The summed E-state index contributed by atoms with van der Waals surface area (Å²) in [5, 5.41) is 15.3. The van der Waals surface area contributed by atoms with E-state index >= 15 is 0 Å². The molecule has 0 aliphatic rings. The van der Waals surface area contributed by atoms with E-state index in [4.69, 9.17) is 0 Å². The van der Waals surface area contributed by atoms with Gasteiger partial charge in [0.2, 0.25) is 5.91 Å². The molecule has 0 saturated carbocycles. The van der Waals surface area contributed by atoms with Gasteiger partial charge in [-0.05, 0) is 48.9 Å². The summed E-state index contributed by atoms with van der Waals surface area (Å²) in [5.41, 5.74) is 5.56. The molecular weight excluding hydrogens is 464 g/mol. The molecule has 0 radical (unpaired) electrons. The van der Waals surface area contributed by atoms with Gasteiger partial charge >= 0.3 is 0 Å². The molecule has 0 saturated heterocycles. The van der Waals surface area contributed by atoms with E-state index in [1.54, 1.807) is 29.9 Å². The number of nitrogens with one attached hydrogen (secondary N) is 2. The van der Waals surface area contributed by atoms with Crippen LogP contribution in [0.1, 0.15) is 34.1 Å². The first-order valence-corrected chi connectivity index (χ1v) is 12.0. The first-order chi connectivity index (χ1) is 18.0. The molecule has 1 unspecified atom stereocenters. The lowest BCUT2D eigenvalue weighted by Crippen LogP contribution is -2.32. The molecular formula is C29H26N6O2. The zero-order chi connectivity index (χ0) is 25.8. The first kappa shape index (κ1) is 23.9. The van der Waals surface area contributed by atoms with Crippen molar-refractivity contribution in [2.45, 2.75) is 19.4 Å². The van der Waals surface area contributed by atoms with E-state index in [1.807, 2.05) is 79.9 Å². The highest BCUT2D eigenvalue weighted by Gasteiger charge is 2.19. The Morgan fingerprint density at radius 3 is 2.59 bits per heavy atom. The molecule has 1 atom stereocenters. The van der Waals surface area contributed by atoms with Crippen molar-refractivity contribution in [3.05, 3.63) is 108 Å². The number of carbonyl (C=O) groups is 2. The molecule has 0 fully saturated rings. The van der Waals surface area contributed by atoms with E-state index in [1.165, 1.54) is 0 Å². The second-order valence-electron chi connectivity index (χ2n) is 8.77. The number of hydrogen-bond acceptors (Lipinski definition) is 5. The largest absolute Gasteiger partial charge is 0.359 e. The summed E-state index contributed by atoms with van der Waals surface area (Å²) in [6, 6.07) is 26.2. The van der Waals surface area contributed by atoms with Crippen LogP contribution in [0.25, 0.3) is 27.8 Å². The summed E-state index contributed by atoms with van der Waals surface area (Å²) in [5.74, 6) is -0.435. The molecule has 0 aliphatic heterocycles. The summed E-state index contributed by atoms with van der Waals surface area (Å²) in [6.07, 6.45) is 1.97. The zero-order valence-corrected chi connectivity index (χ0v) is 20.6. The zero-order valence-electron chi connectivity index (χ0n) is 20.6. The van der Waals surface area contributed by atoms with Crippen LogP contribution in [-0.4, -0.2) is 38.8 Å². The SMILES string of the molecule is CNC(=O)CC(NC(=O)c1cccc(-n2cc(-c3ccc4nc(C)ccc4c3)nn2)c1)c1ccccc1. The van der Waals surface area contributed by atoms with Gasteiger partial charge in [-0.2, -0.15) is 0 Å². The van der Waals surface area contributed by atoms with E-state index in [9.17, 15) is 9.59 Å². The third kappa shape index (κ3) is 5.38. The maximum atomic E-state index is 13.2. The Morgan fingerprint density at radius 1 is 0.946 bits per heavy atom. The number of rotatable bonds is 7. The van der Waals surface area contributed by atoms with Crippen molar-refractivity contribution in [2.75, 3.05) is 7.05 Å². The van der Waals surface area contributed by atoms with Crippen molar-refractivity contribution < 1.29 is 9.59 Å². The molecule has 3 aromatic carbocycles. The molecule has 0 spiro atoms. The number of aromatic nitrogens is 4. The predicted molar refractivity (Wildman–Crippen MR) is 142 cm³/mol. The fourth-order valence-corrected chi connectivity index (χ4v) is 4.17. The highest BCUT2D eigenvalue weighted by molar-refractivity contribution is 5.95. The molecule has 0 bridgehead atoms. The number of nitrogens with zero attached hydrogens (tertiary/aromatic N) is 4. The van der Waals surface area contributed by atoms with Crippen LogP contribution in [0.3, 0.4) is 0 Å². The molecule has 2 N–H and O–H groups in total. The Balaban J connectivity index is 1.37. The van der Waals surface area contributed by atoms with Gasteiger partial charge in [-0.25, -0.2) is 4.68 Å². The second kappa shape index (κ2) is 10.4. The molecule has 8 heteroatoms. The van der Waals surface area contributed by atoms with Gasteiger partial charge in [0.1, 0.15) is 5.69 Å². The fraction of sp³-hybridized carbons (Fsp3) is 0.138. The Bertz CT molecular complexity index is 1580. The van der Waals surface area contributed by atoms with Crippen molar-refractivity contribution >= 4 is 22.7 Å². The third-order valence-electron chi connectivity index (χ3n) is 6.17. The molecule has 2 amide bonds. The molecule has 0 aliphatic carbocycles. The normalized spacial score (nSPS) is 11.7. The van der Waals surface area contributed by atoms with Crippen LogP contribution in [0, 0.1) is 6.92 Å². The second-order valence-corrected chi connectivity index (χ2v) is 8.77. The van der Waals surface area contributed by atoms with Crippen LogP contribution in [0.5, 0.6) is 0 Å². The topological polar surface area (TPSA) is 102 Å². The average Bonchev–Trinajstić information content (AvgIpc) is 3.43. The summed E-state index contributed by atoms with van der Waals surface area (Å²) in [4.78, 5) is 29.8. The summed E-state index contributed by atoms with van der Waals surface area (Å²) in [6.45, 7) is 1.97. The number of fused-ring (bicyclic) bond motifs is 1. The standard InChI is InChI=1S/C29H26N6O2/c1-19-11-12-21-15-22(13-14-25(21)31-19)27-18-35(34-33-27)24-10-6-9-23(16-24)29(37)32-26(17-28(36)30-2)20-7-4-3-5-8-20/h3-16,18,26H,17H2,1-2H3,(H,30,36)(H,32,37). The van der Waals surface area contributed by atoms with Gasteiger partial charge in [0.15, 0.2) is 0 Å². The molecule has 37 heavy (non-hydrogen) atoms. The number of amides is 2. The number of hydrogen-bond donors (Lipinski definition) is 2. The van der Waals surface area contributed by atoms with Gasteiger partial charge in [-0.15, -0.1) is 5.10 Å². The lowest BCUT2D eigenvalue weighted by atomic mass is 10.0. The molecule has 2 aromatic heterocycles. The quantitative estimate of drug-likeness (QED) is 0.352. The minimum absolute atomic E-state index is 0.138. The Labute approximate surface area is 214 Å². The van der Waals surface area contributed by atoms with Crippen molar-refractivity contribution in [1.82, 2.24) is 30.6 Å². The van der Waals surface area contributed by atoms with Crippen molar-refractivity contribution in [1.29, 1.82) is 0 Å². The van der Waals surface area contributed by atoms with Gasteiger partial charge in [0.05, 0.1) is 29.9 Å². The van der Waals surface area contributed by atoms with Crippen LogP contribution in [0.15, 0.2) is 91.1 Å². The number of benzene rings is 3. The van der Waals surface area contributed by atoms with Crippen molar-refractivity contribution in [3.8, 4) is 16.9 Å². The number of pyridine rings is 1. The smallest absolute Gasteiger partial charge is 0.251 e. The lowest BCUT2D eigenvalue weighted by molar-refractivity contribution is -0.121. The van der Waals surface area contributed by atoms with Crippen LogP contribution >= 0.6 is 0 Å². The van der Waals surface area contributed by atoms with E-state index in [0.717, 1.165) is 27.7 Å². The highest BCUT2D eigenvalue weighted by atomic mass is 16.2. The van der Waals surface area contributed by atoms with Crippen molar-refractivity contribution in [2.24, 2.45) is 0 Å². The summed E-state index contributed by atoms with van der Waals surface area (Å²) < 4.78 is 1.64. The molecule has 2 heterocycles. The number of carbonyl (C=O) groups excluding carboxylic acids is 2. The van der Waals surface area contributed by atoms with Gasteiger partial charge < -0.3 is 10.6 Å². The minimum Gasteiger partial charge on any atom is -0.359 e. The maximum absolute atomic E-state index is 13.2. The van der Waals surface area contributed by atoms with E-state index in [-0.39, 0.29) is 18.2 Å².